The highest BCUT2D eigenvalue weighted by atomic mass is 32.1. The van der Waals surface area contributed by atoms with Crippen LogP contribution in [0.1, 0.15) is 37.0 Å². The van der Waals surface area contributed by atoms with Crippen molar-refractivity contribution in [1.82, 2.24) is 20.1 Å². The minimum absolute atomic E-state index is 0.138. The Morgan fingerprint density at radius 2 is 2.46 bits per heavy atom. The average Bonchev–Trinajstić information content (AvgIpc) is 3.30. The number of nitrogens with one attached hydrogen (secondary N) is 2. The van der Waals surface area contributed by atoms with Gasteiger partial charge >= 0.3 is 6.03 Å². The molecule has 2 aromatic heterocycles. The van der Waals surface area contributed by atoms with Gasteiger partial charge in [-0.25, -0.2) is 14.5 Å². The predicted molar refractivity (Wildman–Crippen MR) is 93.2 cm³/mol. The zero-order chi connectivity index (χ0) is 16.9. The van der Waals surface area contributed by atoms with Gasteiger partial charge in [0.05, 0.1) is 29.5 Å². The number of anilines is 1. The van der Waals surface area contributed by atoms with Gasteiger partial charge in [-0.2, -0.15) is 5.10 Å². The first kappa shape index (κ1) is 16.9. The summed E-state index contributed by atoms with van der Waals surface area (Å²) in [5.74, 6) is 1.15. The molecule has 3 rings (SSSR count). The van der Waals surface area contributed by atoms with Crippen molar-refractivity contribution in [3.05, 3.63) is 28.3 Å². The third-order valence-electron chi connectivity index (χ3n) is 4.08. The molecule has 0 unspecified atom stereocenters. The zero-order valence-electron chi connectivity index (χ0n) is 14.0. The number of amides is 2. The maximum Gasteiger partial charge on any atom is 0.320 e. The summed E-state index contributed by atoms with van der Waals surface area (Å²) in [6.07, 6.45) is 3.64. The van der Waals surface area contributed by atoms with Crippen molar-refractivity contribution in [2.45, 2.75) is 39.3 Å². The summed E-state index contributed by atoms with van der Waals surface area (Å²) in [6, 6.07) is 1.41. The number of hydrogen-bond acceptors (Lipinski definition) is 5. The molecule has 0 aromatic carbocycles. The second-order valence-corrected chi connectivity index (χ2v) is 6.91. The van der Waals surface area contributed by atoms with Crippen LogP contribution in [0, 0.1) is 5.92 Å². The average molecular weight is 349 g/mol. The second-order valence-electron chi connectivity index (χ2n) is 5.97. The molecule has 2 amide bonds. The first-order chi connectivity index (χ1) is 11.7. The molecule has 0 radical (unpaired) electrons. The Bertz CT molecular complexity index is 678. The summed E-state index contributed by atoms with van der Waals surface area (Å²) in [5.41, 5.74) is 0.892. The minimum atomic E-state index is -0.252. The fraction of sp³-hybridized carbons (Fsp3) is 0.562. The summed E-state index contributed by atoms with van der Waals surface area (Å²) in [7, 11) is 0. The molecule has 1 fully saturated rings. The lowest BCUT2D eigenvalue weighted by Gasteiger charge is -2.15. The molecule has 0 spiro atoms. The van der Waals surface area contributed by atoms with E-state index >= 15 is 0 Å². The maximum absolute atomic E-state index is 12.2. The van der Waals surface area contributed by atoms with Gasteiger partial charge in [0, 0.05) is 30.5 Å². The van der Waals surface area contributed by atoms with Crippen LogP contribution in [-0.4, -0.2) is 34.0 Å². The van der Waals surface area contributed by atoms with Crippen molar-refractivity contribution in [2.75, 3.05) is 18.5 Å². The van der Waals surface area contributed by atoms with Gasteiger partial charge in [0.25, 0.3) is 0 Å². The molecule has 2 aromatic rings. The molecule has 0 aliphatic carbocycles. The lowest BCUT2D eigenvalue weighted by molar-refractivity contribution is 0.181. The molecule has 1 aliphatic rings. The number of carbonyl (C=O) groups excluding carboxylic acids is 1. The second kappa shape index (κ2) is 7.76. The standard InChI is InChI=1S/C16H23N5O2S/c1-3-15-19-13(10-24-15)11(2)18-16(22)20-14-4-6-17-21(14)8-12-5-7-23-9-12/h4,6,10-12H,3,5,7-9H2,1-2H3,(H2,18,20,22)/t11-,12-/m0/s1. The van der Waals surface area contributed by atoms with Crippen LogP contribution >= 0.6 is 11.3 Å². The predicted octanol–water partition coefficient (Wildman–Crippen LogP) is 2.82. The maximum atomic E-state index is 12.2. The normalized spacial score (nSPS) is 18.5. The van der Waals surface area contributed by atoms with E-state index in [4.69, 9.17) is 4.74 Å². The number of thiazole rings is 1. The Morgan fingerprint density at radius 1 is 1.58 bits per heavy atom. The zero-order valence-corrected chi connectivity index (χ0v) is 14.8. The lowest BCUT2D eigenvalue weighted by Crippen LogP contribution is -2.32. The Morgan fingerprint density at radius 3 is 3.17 bits per heavy atom. The number of aromatic nitrogens is 3. The van der Waals surface area contributed by atoms with Gasteiger partial charge in [-0.05, 0) is 19.8 Å². The van der Waals surface area contributed by atoms with Gasteiger partial charge in [-0.1, -0.05) is 6.92 Å². The summed E-state index contributed by atoms with van der Waals surface area (Å²) in [6.45, 7) is 6.32. The molecule has 3 heterocycles. The molecule has 1 aliphatic heterocycles. The van der Waals surface area contributed by atoms with Crippen LogP contribution in [0.4, 0.5) is 10.6 Å². The van der Waals surface area contributed by atoms with Gasteiger partial charge in [-0.15, -0.1) is 11.3 Å². The highest BCUT2D eigenvalue weighted by Crippen LogP contribution is 2.19. The van der Waals surface area contributed by atoms with Gasteiger partial charge in [-0.3, -0.25) is 5.32 Å². The third-order valence-corrected chi connectivity index (χ3v) is 5.09. The molecule has 130 valence electrons. The van der Waals surface area contributed by atoms with Crippen LogP contribution < -0.4 is 10.6 Å². The van der Waals surface area contributed by atoms with Gasteiger partial charge in [0.2, 0.25) is 0 Å². The number of carbonyl (C=O) groups is 1. The van der Waals surface area contributed by atoms with Crippen LogP contribution in [0.15, 0.2) is 17.6 Å². The highest BCUT2D eigenvalue weighted by Gasteiger charge is 2.19. The molecule has 0 bridgehead atoms. The van der Waals surface area contributed by atoms with Gasteiger partial charge in [0.1, 0.15) is 5.82 Å². The number of hydrogen-bond donors (Lipinski definition) is 2. The van der Waals surface area contributed by atoms with Crippen molar-refractivity contribution in [2.24, 2.45) is 5.92 Å². The van der Waals surface area contributed by atoms with Crippen molar-refractivity contribution in [3.8, 4) is 0 Å². The molecule has 8 heteroatoms. The van der Waals surface area contributed by atoms with Gasteiger partial charge < -0.3 is 10.1 Å². The van der Waals surface area contributed by atoms with Crippen LogP contribution in [0.3, 0.4) is 0 Å². The number of rotatable bonds is 6. The van der Waals surface area contributed by atoms with E-state index < -0.39 is 0 Å². The van der Waals surface area contributed by atoms with Crippen LogP contribution in [0.5, 0.6) is 0 Å². The Balaban J connectivity index is 1.55. The van der Waals surface area contributed by atoms with E-state index in [1.807, 2.05) is 17.0 Å². The van der Waals surface area contributed by atoms with Crippen LogP contribution in [0.25, 0.3) is 0 Å². The minimum Gasteiger partial charge on any atom is -0.381 e. The first-order valence-electron chi connectivity index (χ1n) is 8.27. The number of ether oxygens (including phenoxy) is 1. The van der Waals surface area contributed by atoms with E-state index in [-0.39, 0.29) is 12.1 Å². The van der Waals surface area contributed by atoms with Crippen molar-refractivity contribution < 1.29 is 9.53 Å². The first-order valence-corrected chi connectivity index (χ1v) is 9.15. The van der Waals surface area contributed by atoms with E-state index in [9.17, 15) is 4.79 Å². The topological polar surface area (TPSA) is 81.1 Å². The number of nitrogens with zero attached hydrogens (tertiary/aromatic N) is 3. The monoisotopic (exact) mass is 349 g/mol. The summed E-state index contributed by atoms with van der Waals surface area (Å²) in [5, 5.41) is 13.2. The Labute approximate surface area is 145 Å². The van der Waals surface area contributed by atoms with Crippen LogP contribution in [0.2, 0.25) is 0 Å². The van der Waals surface area contributed by atoms with Crippen molar-refractivity contribution >= 4 is 23.2 Å². The quantitative estimate of drug-likeness (QED) is 0.840. The largest absolute Gasteiger partial charge is 0.381 e. The molecule has 1 saturated heterocycles. The Kier molecular flexibility index (Phi) is 5.47. The molecule has 2 atom stereocenters. The van der Waals surface area contributed by atoms with Crippen molar-refractivity contribution in [3.63, 3.8) is 0 Å². The Hall–Kier alpha value is -1.93. The molecular weight excluding hydrogens is 326 g/mol. The lowest BCUT2D eigenvalue weighted by atomic mass is 10.1. The van der Waals surface area contributed by atoms with Crippen molar-refractivity contribution in [1.29, 1.82) is 0 Å². The van der Waals surface area contributed by atoms with E-state index in [1.54, 1.807) is 23.6 Å². The molecule has 24 heavy (non-hydrogen) atoms. The highest BCUT2D eigenvalue weighted by molar-refractivity contribution is 7.09. The third kappa shape index (κ3) is 4.12. The smallest absolute Gasteiger partial charge is 0.320 e. The fourth-order valence-electron chi connectivity index (χ4n) is 2.67. The summed E-state index contributed by atoms with van der Waals surface area (Å²) >= 11 is 1.62. The molecule has 7 nitrogen and oxygen atoms in total. The number of urea groups is 1. The SMILES string of the molecule is CCc1nc([C@H](C)NC(=O)Nc2ccnn2C[C@@H]2CCOC2)cs1. The van der Waals surface area contributed by atoms with E-state index in [1.165, 1.54) is 0 Å². The molecular formula is C16H23N5O2S. The van der Waals surface area contributed by atoms with E-state index in [0.717, 1.165) is 43.3 Å². The number of aryl methyl sites for hydroxylation is 1. The van der Waals surface area contributed by atoms with E-state index in [2.05, 4.69) is 27.6 Å². The summed E-state index contributed by atoms with van der Waals surface area (Å²) < 4.78 is 7.21. The van der Waals surface area contributed by atoms with Crippen LogP contribution in [-0.2, 0) is 17.7 Å². The summed E-state index contributed by atoms with van der Waals surface area (Å²) in [4.78, 5) is 16.8. The molecule has 0 saturated carbocycles. The van der Waals surface area contributed by atoms with E-state index in [0.29, 0.717) is 11.7 Å². The van der Waals surface area contributed by atoms with Gasteiger partial charge in [0.15, 0.2) is 0 Å². The fourth-order valence-corrected chi connectivity index (χ4v) is 3.50. The molecule has 2 N–H and O–H groups in total.